The Hall–Kier alpha value is -2.79. The molecule has 0 saturated heterocycles. The van der Waals surface area contributed by atoms with Crippen molar-refractivity contribution in [3.8, 4) is 17.2 Å². The number of hydrogen-bond donors (Lipinski definition) is 1. The molecule has 2 aromatic rings. The van der Waals surface area contributed by atoms with Gasteiger partial charge < -0.3 is 14.6 Å². The minimum Gasteiger partial charge on any atom is -0.506 e. The number of ether oxygens (including phenoxy) is 2. The number of aromatic hydroxyl groups is 1. The smallest absolute Gasteiger partial charge is 0.222 e. The van der Waals surface area contributed by atoms with Gasteiger partial charge in [-0.3, -0.25) is 4.57 Å². The Bertz CT molecular complexity index is 903. The van der Waals surface area contributed by atoms with E-state index in [-0.39, 0.29) is 5.75 Å². The standard InChI is InChI=1S/C15H11BrN4O3/c1-22-11-7-4-6-10(21)13(11)20-14(18-19-15(20)16)9-5-3-8-12(17-9)23-2/h4,6-8,21H,1-2H3. The van der Waals surface area contributed by atoms with Crippen LogP contribution in [0.3, 0.4) is 0 Å². The molecule has 0 spiro atoms. The van der Waals surface area contributed by atoms with Gasteiger partial charge in [0.05, 0.1) is 20.3 Å². The van der Waals surface area contributed by atoms with Crippen LogP contribution < -0.4 is 4.74 Å². The topological polar surface area (TPSA) is 81.8 Å². The molecule has 0 amide bonds. The maximum Gasteiger partial charge on any atom is 0.222 e. The van der Waals surface area contributed by atoms with E-state index in [4.69, 9.17) is 9.47 Å². The normalized spacial score (nSPS) is 12.8. The number of benzene rings is 1. The molecule has 0 aliphatic carbocycles. The Balaban J connectivity index is 2.25. The Labute approximate surface area is 140 Å². The molecular formula is C15H11BrN4O3. The van der Waals surface area contributed by atoms with Gasteiger partial charge in [-0.25, -0.2) is 4.99 Å². The van der Waals surface area contributed by atoms with Crippen LogP contribution in [0, 0.1) is 0 Å². The molecule has 0 atom stereocenters. The van der Waals surface area contributed by atoms with Gasteiger partial charge in [0.1, 0.15) is 17.2 Å². The molecule has 0 radical (unpaired) electrons. The molecule has 8 heteroatoms. The zero-order chi connectivity index (χ0) is 16.4. The maximum absolute atomic E-state index is 10.3. The van der Waals surface area contributed by atoms with Gasteiger partial charge in [0.15, 0.2) is 11.5 Å². The zero-order valence-electron chi connectivity index (χ0n) is 12.2. The van der Waals surface area contributed by atoms with Gasteiger partial charge >= 0.3 is 0 Å². The first kappa shape index (κ1) is 15.1. The monoisotopic (exact) mass is 374 g/mol. The Morgan fingerprint density at radius 2 is 2.04 bits per heavy atom. The molecule has 3 rings (SSSR count). The second kappa shape index (κ2) is 6.14. The molecule has 1 aliphatic heterocycles. The summed E-state index contributed by atoms with van der Waals surface area (Å²) < 4.78 is 12.4. The SMILES string of the molecule is COC1=NC(c2nnc(Br)n2-c2c(O)cccc2OC)=C=C=C1. The molecule has 2 heterocycles. The van der Waals surface area contributed by atoms with E-state index < -0.39 is 0 Å². The van der Waals surface area contributed by atoms with Gasteiger partial charge in [-0.15, -0.1) is 10.2 Å². The largest absolute Gasteiger partial charge is 0.506 e. The highest BCUT2D eigenvalue weighted by Gasteiger charge is 2.22. The average Bonchev–Trinajstić information content (AvgIpc) is 2.96. The van der Waals surface area contributed by atoms with Crippen molar-refractivity contribution in [2.75, 3.05) is 14.2 Å². The van der Waals surface area contributed by atoms with E-state index in [9.17, 15) is 5.11 Å². The number of para-hydroxylation sites is 1. The Kier molecular flexibility index (Phi) is 4.04. The molecule has 7 nitrogen and oxygen atoms in total. The number of aromatic nitrogens is 3. The van der Waals surface area contributed by atoms with Crippen LogP contribution in [0.1, 0.15) is 5.82 Å². The number of rotatable bonds is 3. The van der Waals surface area contributed by atoms with Crippen molar-refractivity contribution in [1.29, 1.82) is 0 Å². The molecule has 1 N–H and O–H groups in total. The van der Waals surface area contributed by atoms with Gasteiger partial charge in [-0.2, -0.15) is 0 Å². The molecular weight excluding hydrogens is 364 g/mol. The number of halogens is 1. The summed E-state index contributed by atoms with van der Waals surface area (Å²) in [6.07, 6.45) is 1.56. The van der Waals surface area contributed by atoms with Gasteiger partial charge in [0, 0.05) is 0 Å². The van der Waals surface area contributed by atoms with E-state index in [0.29, 0.717) is 33.6 Å². The van der Waals surface area contributed by atoms with Crippen molar-refractivity contribution in [2.24, 2.45) is 4.99 Å². The fourth-order valence-corrected chi connectivity index (χ4v) is 2.49. The van der Waals surface area contributed by atoms with Crippen LogP contribution >= 0.6 is 15.9 Å². The highest BCUT2D eigenvalue weighted by Crippen LogP contribution is 2.35. The summed E-state index contributed by atoms with van der Waals surface area (Å²) in [5, 5.41) is 18.3. The predicted molar refractivity (Wildman–Crippen MR) is 86.7 cm³/mol. The fourth-order valence-electron chi connectivity index (χ4n) is 2.06. The minimum atomic E-state index is 0.0120. The summed E-state index contributed by atoms with van der Waals surface area (Å²) in [5.41, 5.74) is 6.42. The van der Waals surface area contributed by atoms with E-state index >= 15 is 0 Å². The summed E-state index contributed by atoms with van der Waals surface area (Å²) in [4.78, 5) is 4.27. The summed E-state index contributed by atoms with van der Waals surface area (Å²) in [6.45, 7) is 0. The number of phenolic OH excluding ortho intramolecular Hbond substituents is 1. The van der Waals surface area contributed by atoms with Crippen molar-refractivity contribution in [3.05, 3.63) is 46.3 Å². The first-order chi connectivity index (χ1) is 11.2. The number of nitrogens with zero attached hydrogens (tertiary/aromatic N) is 4. The molecule has 1 aromatic carbocycles. The third-order valence-electron chi connectivity index (χ3n) is 3.07. The first-order valence-corrected chi connectivity index (χ1v) is 7.27. The molecule has 0 fully saturated rings. The zero-order valence-corrected chi connectivity index (χ0v) is 13.8. The van der Waals surface area contributed by atoms with Crippen molar-refractivity contribution in [3.63, 3.8) is 0 Å². The average molecular weight is 375 g/mol. The number of phenols is 1. The van der Waals surface area contributed by atoms with Crippen LogP contribution in [0.4, 0.5) is 0 Å². The number of aliphatic imine (C=N–C) groups is 1. The lowest BCUT2D eigenvalue weighted by Crippen LogP contribution is -2.05. The van der Waals surface area contributed by atoms with Gasteiger partial charge in [0.25, 0.3) is 0 Å². The van der Waals surface area contributed by atoms with Crippen LogP contribution in [0.15, 0.2) is 45.5 Å². The molecule has 0 saturated carbocycles. The highest BCUT2D eigenvalue weighted by molar-refractivity contribution is 9.10. The molecule has 0 bridgehead atoms. The van der Waals surface area contributed by atoms with Gasteiger partial charge in [0.2, 0.25) is 10.6 Å². The van der Waals surface area contributed by atoms with Crippen molar-refractivity contribution in [1.82, 2.24) is 14.8 Å². The molecule has 23 heavy (non-hydrogen) atoms. The van der Waals surface area contributed by atoms with Crippen LogP contribution in [0.25, 0.3) is 11.4 Å². The van der Waals surface area contributed by atoms with Gasteiger partial charge in [-0.05, 0) is 33.8 Å². The molecule has 0 unspecified atom stereocenters. The van der Waals surface area contributed by atoms with E-state index in [1.807, 2.05) is 0 Å². The summed E-state index contributed by atoms with van der Waals surface area (Å²) in [5.74, 6) is 1.19. The quantitative estimate of drug-likeness (QED) is 0.834. The number of hydrogen-bond acceptors (Lipinski definition) is 6. The second-order valence-electron chi connectivity index (χ2n) is 4.37. The van der Waals surface area contributed by atoms with Gasteiger partial charge in [-0.1, -0.05) is 11.8 Å². The van der Waals surface area contributed by atoms with Crippen LogP contribution in [0.2, 0.25) is 0 Å². The van der Waals surface area contributed by atoms with E-state index in [1.54, 1.807) is 28.8 Å². The molecule has 1 aromatic heterocycles. The third kappa shape index (κ3) is 2.66. The minimum absolute atomic E-state index is 0.0120. The van der Waals surface area contributed by atoms with Crippen LogP contribution in [0.5, 0.6) is 11.5 Å². The van der Waals surface area contributed by atoms with Crippen molar-refractivity contribution >= 4 is 27.5 Å². The van der Waals surface area contributed by atoms with Crippen LogP contribution in [-0.2, 0) is 4.74 Å². The van der Waals surface area contributed by atoms with E-state index in [2.05, 4.69) is 42.6 Å². The lowest BCUT2D eigenvalue weighted by Gasteiger charge is -2.13. The maximum atomic E-state index is 10.3. The molecule has 1 aliphatic rings. The lowest BCUT2D eigenvalue weighted by molar-refractivity contribution is 0.404. The summed E-state index contributed by atoms with van der Waals surface area (Å²) in [7, 11) is 3.02. The van der Waals surface area contributed by atoms with Crippen LogP contribution in [-0.4, -0.2) is 40.0 Å². The third-order valence-corrected chi connectivity index (χ3v) is 3.59. The predicted octanol–water partition coefficient (Wildman–Crippen LogP) is 2.45. The second-order valence-corrected chi connectivity index (χ2v) is 5.08. The highest BCUT2D eigenvalue weighted by atomic mass is 79.9. The molecule has 116 valence electrons. The van der Waals surface area contributed by atoms with E-state index in [1.165, 1.54) is 14.2 Å². The first-order valence-electron chi connectivity index (χ1n) is 6.47. The fraction of sp³-hybridized carbons (Fsp3) is 0.133. The summed E-state index contributed by atoms with van der Waals surface area (Å²) in [6, 6.07) is 4.95. The van der Waals surface area contributed by atoms with E-state index in [0.717, 1.165) is 0 Å². The van der Waals surface area contributed by atoms with Crippen molar-refractivity contribution in [2.45, 2.75) is 0 Å². The summed E-state index contributed by atoms with van der Waals surface area (Å²) >= 11 is 3.32. The Morgan fingerprint density at radius 1 is 1.22 bits per heavy atom. The lowest BCUT2D eigenvalue weighted by atomic mass is 10.2. The van der Waals surface area contributed by atoms with Crippen molar-refractivity contribution < 1.29 is 14.6 Å². The number of methoxy groups -OCH3 is 2. The Morgan fingerprint density at radius 3 is 2.78 bits per heavy atom.